The summed E-state index contributed by atoms with van der Waals surface area (Å²) in [4.78, 5) is 34.9. The molecular weight excluding hydrogens is 509 g/mol. The molecule has 1 unspecified atom stereocenters. The maximum atomic E-state index is 13.9. The molecule has 0 radical (unpaired) electrons. The van der Waals surface area contributed by atoms with Crippen molar-refractivity contribution in [1.82, 2.24) is 14.8 Å². The highest BCUT2D eigenvalue weighted by Gasteiger charge is 2.62. The molecule has 0 saturated carbocycles. The van der Waals surface area contributed by atoms with E-state index in [1.165, 1.54) is 17.0 Å². The topological polar surface area (TPSA) is 77.0 Å². The Balaban J connectivity index is 1.29. The number of nitrogens with zero attached hydrogens (tertiary/aromatic N) is 4. The van der Waals surface area contributed by atoms with Crippen molar-refractivity contribution in [3.8, 4) is 0 Å². The van der Waals surface area contributed by atoms with Crippen LogP contribution in [0, 0.1) is 18.8 Å². The lowest BCUT2D eigenvalue weighted by atomic mass is 9.82. The molecule has 1 aromatic heterocycles. The molecule has 2 aliphatic heterocycles. The summed E-state index contributed by atoms with van der Waals surface area (Å²) in [6, 6.07) is 10.3. The van der Waals surface area contributed by atoms with E-state index in [4.69, 9.17) is 0 Å². The number of carbonyl (C=O) groups excluding carboxylic acids is 2. The van der Waals surface area contributed by atoms with Gasteiger partial charge in [0.2, 0.25) is 0 Å². The average molecular weight is 547 g/mol. The molecule has 2 fully saturated rings. The van der Waals surface area contributed by atoms with Gasteiger partial charge < -0.3 is 19.8 Å². The molecule has 1 atom stereocenters. The van der Waals surface area contributed by atoms with Gasteiger partial charge in [0.1, 0.15) is 5.82 Å². The van der Waals surface area contributed by atoms with E-state index in [1.807, 2.05) is 19.1 Å². The fourth-order valence-electron chi connectivity index (χ4n) is 5.75. The molecule has 4 rings (SSSR count). The Bertz CT molecular complexity index is 1160. The number of carbonyl (C=O) groups is 2. The molecule has 2 aromatic rings. The Morgan fingerprint density at radius 3 is 2.03 bits per heavy atom. The van der Waals surface area contributed by atoms with Gasteiger partial charge in [-0.2, -0.15) is 13.2 Å². The van der Waals surface area contributed by atoms with Crippen LogP contribution in [-0.2, 0) is 10.4 Å². The third-order valence-electron chi connectivity index (χ3n) is 8.13. The highest BCUT2D eigenvalue weighted by molar-refractivity contribution is 5.95. The molecule has 2 amide bonds. The largest absolute Gasteiger partial charge is 0.430 e. The molecule has 2 saturated heterocycles. The number of alkyl halides is 3. The van der Waals surface area contributed by atoms with Crippen LogP contribution in [0.5, 0.6) is 0 Å². The molecular formula is C29H37F3N4O3. The molecule has 39 heavy (non-hydrogen) atoms. The number of anilines is 1. The Morgan fingerprint density at radius 1 is 0.949 bits per heavy atom. The molecule has 10 heteroatoms. The van der Waals surface area contributed by atoms with E-state index in [0.29, 0.717) is 35.9 Å². The van der Waals surface area contributed by atoms with Gasteiger partial charge in [0, 0.05) is 45.8 Å². The van der Waals surface area contributed by atoms with E-state index in [1.54, 1.807) is 20.2 Å². The van der Waals surface area contributed by atoms with Crippen molar-refractivity contribution in [3.63, 3.8) is 0 Å². The molecule has 2 aliphatic rings. The molecule has 1 aromatic carbocycles. The van der Waals surface area contributed by atoms with Crippen molar-refractivity contribution in [2.45, 2.75) is 50.8 Å². The minimum Gasteiger partial charge on any atom is -0.369 e. The van der Waals surface area contributed by atoms with Crippen molar-refractivity contribution in [2.24, 2.45) is 11.8 Å². The predicted molar refractivity (Wildman–Crippen MR) is 142 cm³/mol. The van der Waals surface area contributed by atoms with Crippen LogP contribution in [0.2, 0.25) is 0 Å². The van der Waals surface area contributed by atoms with E-state index in [-0.39, 0.29) is 19.0 Å². The second-order valence-electron chi connectivity index (χ2n) is 11.0. The summed E-state index contributed by atoms with van der Waals surface area (Å²) in [5.74, 6) is 0.331. The minimum atomic E-state index is -5.12. The number of amides is 2. The van der Waals surface area contributed by atoms with Crippen molar-refractivity contribution < 1.29 is 27.9 Å². The number of rotatable bonds is 6. The average Bonchev–Trinajstić information content (AvgIpc) is 2.92. The summed E-state index contributed by atoms with van der Waals surface area (Å²) in [7, 11) is 3.44. The monoisotopic (exact) mass is 546 g/mol. The van der Waals surface area contributed by atoms with E-state index in [2.05, 4.69) is 9.88 Å². The zero-order valence-electron chi connectivity index (χ0n) is 22.7. The van der Waals surface area contributed by atoms with Crippen LogP contribution in [0.25, 0.3) is 0 Å². The number of aromatic nitrogens is 1. The summed E-state index contributed by atoms with van der Waals surface area (Å²) in [6.07, 6.45) is -0.930. The van der Waals surface area contributed by atoms with Gasteiger partial charge in [-0.3, -0.25) is 9.59 Å². The first-order valence-electron chi connectivity index (χ1n) is 13.5. The van der Waals surface area contributed by atoms with Gasteiger partial charge in [-0.1, -0.05) is 30.3 Å². The van der Waals surface area contributed by atoms with Crippen LogP contribution in [0.15, 0.2) is 42.5 Å². The minimum absolute atomic E-state index is 0.0684. The van der Waals surface area contributed by atoms with Gasteiger partial charge in [-0.15, -0.1) is 0 Å². The fourth-order valence-corrected chi connectivity index (χ4v) is 5.75. The summed E-state index contributed by atoms with van der Waals surface area (Å²) < 4.78 is 41.8. The Kier molecular flexibility index (Phi) is 8.54. The number of hydrogen-bond acceptors (Lipinski definition) is 5. The number of likely N-dealkylation sites (tertiary alicyclic amines) is 1. The Hall–Kier alpha value is -3.14. The highest BCUT2D eigenvalue weighted by Crippen LogP contribution is 2.41. The molecule has 0 aliphatic carbocycles. The number of hydrogen-bond donors (Lipinski definition) is 1. The molecule has 0 spiro atoms. The lowest BCUT2D eigenvalue weighted by molar-refractivity contribution is -0.262. The second-order valence-corrected chi connectivity index (χ2v) is 11.0. The van der Waals surface area contributed by atoms with Gasteiger partial charge in [-0.25, -0.2) is 4.98 Å². The molecule has 212 valence electrons. The van der Waals surface area contributed by atoms with E-state index >= 15 is 0 Å². The number of aryl methyl sites for hydroxylation is 1. The highest BCUT2D eigenvalue weighted by atomic mass is 19.4. The third-order valence-corrected chi connectivity index (χ3v) is 8.13. The summed E-state index contributed by atoms with van der Waals surface area (Å²) in [5.41, 5.74) is -2.70. The van der Waals surface area contributed by atoms with E-state index in [9.17, 15) is 27.9 Å². The lowest BCUT2D eigenvalue weighted by Crippen LogP contribution is -2.57. The standard InChI is InChI=1S/C29H37F3N4O3/c1-20-24(26(37)34(2)3)9-10-25(33-20)35-15-11-21(12-16-35)19-22-13-17-36(18-14-22)27(38)28(39,29(30,31)32)23-7-5-4-6-8-23/h4-10,21-22,39H,11-19H2,1-3H3. The van der Waals surface area contributed by atoms with Crippen LogP contribution in [-0.4, -0.2) is 78.2 Å². The van der Waals surface area contributed by atoms with Crippen LogP contribution in [0.1, 0.15) is 53.7 Å². The van der Waals surface area contributed by atoms with Gasteiger partial charge in [0.25, 0.3) is 17.4 Å². The normalized spacial score (nSPS) is 19.1. The summed E-state index contributed by atoms with van der Waals surface area (Å²) in [6.45, 7) is 3.96. The van der Waals surface area contributed by atoms with E-state index in [0.717, 1.165) is 55.2 Å². The quantitative estimate of drug-likeness (QED) is 0.582. The first kappa shape index (κ1) is 28.9. The maximum Gasteiger partial charge on any atom is 0.430 e. The van der Waals surface area contributed by atoms with Crippen LogP contribution in [0.3, 0.4) is 0 Å². The van der Waals surface area contributed by atoms with Crippen molar-refractivity contribution in [1.29, 1.82) is 0 Å². The zero-order valence-corrected chi connectivity index (χ0v) is 22.7. The summed E-state index contributed by atoms with van der Waals surface area (Å²) >= 11 is 0. The fraction of sp³-hybridized carbons (Fsp3) is 0.552. The third kappa shape index (κ3) is 6.05. The van der Waals surface area contributed by atoms with Gasteiger partial charge >= 0.3 is 6.18 Å². The maximum absolute atomic E-state index is 13.9. The Morgan fingerprint density at radius 2 is 1.51 bits per heavy atom. The molecule has 0 bridgehead atoms. The molecule has 3 heterocycles. The second kappa shape index (κ2) is 11.5. The van der Waals surface area contributed by atoms with Crippen LogP contribution < -0.4 is 4.90 Å². The predicted octanol–water partition coefficient (Wildman–Crippen LogP) is 4.39. The summed E-state index contributed by atoms with van der Waals surface area (Å²) in [5, 5.41) is 10.6. The number of piperidine rings is 2. The van der Waals surface area contributed by atoms with Gasteiger partial charge in [0.05, 0.1) is 11.3 Å². The van der Waals surface area contributed by atoms with Crippen LogP contribution in [0.4, 0.5) is 19.0 Å². The van der Waals surface area contributed by atoms with E-state index < -0.39 is 23.2 Å². The van der Waals surface area contributed by atoms with Crippen molar-refractivity contribution in [2.75, 3.05) is 45.2 Å². The first-order valence-corrected chi connectivity index (χ1v) is 13.5. The first-order chi connectivity index (χ1) is 18.4. The number of aliphatic hydroxyl groups is 1. The number of halogens is 3. The molecule has 7 nitrogen and oxygen atoms in total. The Labute approximate surface area is 227 Å². The van der Waals surface area contributed by atoms with Crippen molar-refractivity contribution in [3.05, 3.63) is 59.3 Å². The lowest BCUT2D eigenvalue weighted by Gasteiger charge is -2.40. The van der Waals surface area contributed by atoms with Crippen molar-refractivity contribution >= 4 is 17.6 Å². The zero-order chi connectivity index (χ0) is 28.4. The van der Waals surface area contributed by atoms with Crippen LogP contribution >= 0.6 is 0 Å². The number of pyridine rings is 1. The number of benzene rings is 1. The van der Waals surface area contributed by atoms with Gasteiger partial charge in [-0.05, 0) is 63.0 Å². The SMILES string of the molecule is Cc1nc(N2CCC(CC3CCN(C(=O)C(O)(c4ccccc4)C(F)(F)F)CC3)CC2)ccc1C(=O)N(C)C. The smallest absolute Gasteiger partial charge is 0.369 e. The van der Waals surface area contributed by atoms with Gasteiger partial charge in [0.15, 0.2) is 0 Å². The molecule has 1 N–H and O–H groups in total.